The maximum absolute atomic E-state index is 4.74. The van der Waals surface area contributed by atoms with Crippen LogP contribution >= 0.6 is 11.3 Å². The van der Waals surface area contributed by atoms with E-state index in [2.05, 4.69) is 60.2 Å². The molecule has 0 aliphatic heterocycles. The molecule has 4 heterocycles. The summed E-state index contributed by atoms with van der Waals surface area (Å²) in [6.07, 6.45) is 0.992. The molecular formula is C18H24N8S. The monoisotopic (exact) mass is 384 g/mol. The topological polar surface area (TPSA) is 78.7 Å². The summed E-state index contributed by atoms with van der Waals surface area (Å²) in [5.74, 6) is 1.64. The van der Waals surface area contributed by atoms with E-state index in [4.69, 9.17) is 5.10 Å². The SMILES string of the molecule is CC(C)Cc1cc(-c2nn3c(-c4cc(C(C)C)nn4C)nnc3s2)nn1C. The third-order valence-electron chi connectivity index (χ3n) is 4.52. The minimum atomic E-state index is 0.354. The molecule has 0 aliphatic rings. The molecule has 8 nitrogen and oxygen atoms in total. The van der Waals surface area contributed by atoms with Crippen molar-refractivity contribution in [2.24, 2.45) is 20.0 Å². The Morgan fingerprint density at radius 2 is 1.74 bits per heavy atom. The summed E-state index contributed by atoms with van der Waals surface area (Å²) in [5.41, 5.74) is 4.02. The van der Waals surface area contributed by atoms with E-state index in [9.17, 15) is 0 Å². The van der Waals surface area contributed by atoms with Gasteiger partial charge in [-0.25, -0.2) is 0 Å². The lowest BCUT2D eigenvalue weighted by Gasteiger charge is -2.03. The van der Waals surface area contributed by atoms with E-state index < -0.39 is 0 Å². The van der Waals surface area contributed by atoms with Crippen molar-refractivity contribution >= 4 is 16.3 Å². The average molecular weight is 385 g/mol. The zero-order chi connectivity index (χ0) is 19.3. The second-order valence-corrected chi connectivity index (χ2v) is 8.56. The molecule has 9 heteroatoms. The molecule has 4 aromatic heterocycles. The third-order valence-corrected chi connectivity index (χ3v) is 5.44. The molecule has 0 aliphatic carbocycles. The predicted molar refractivity (Wildman–Crippen MR) is 106 cm³/mol. The molecule has 0 N–H and O–H groups in total. The van der Waals surface area contributed by atoms with Crippen molar-refractivity contribution in [3.8, 4) is 22.2 Å². The Kier molecular flexibility index (Phi) is 4.33. The number of nitrogens with zero attached hydrogens (tertiary/aromatic N) is 8. The van der Waals surface area contributed by atoms with Crippen molar-refractivity contribution < 1.29 is 0 Å². The van der Waals surface area contributed by atoms with Crippen molar-refractivity contribution in [1.82, 2.24) is 39.4 Å². The Bertz CT molecular complexity index is 1090. The highest BCUT2D eigenvalue weighted by Crippen LogP contribution is 2.29. The molecule has 0 aromatic carbocycles. The van der Waals surface area contributed by atoms with Crippen LogP contribution in [-0.4, -0.2) is 39.4 Å². The zero-order valence-corrected chi connectivity index (χ0v) is 17.3. The van der Waals surface area contributed by atoms with Crippen molar-refractivity contribution in [3.63, 3.8) is 0 Å². The van der Waals surface area contributed by atoms with Gasteiger partial charge < -0.3 is 0 Å². The molecule has 0 bridgehead atoms. The van der Waals surface area contributed by atoms with Gasteiger partial charge in [-0.05, 0) is 30.4 Å². The van der Waals surface area contributed by atoms with Crippen LogP contribution in [0.1, 0.15) is 45.0 Å². The van der Waals surface area contributed by atoms with Crippen LogP contribution in [0.25, 0.3) is 27.2 Å². The molecule has 0 unspecified atom stereocenters. The van der Waals surface area contributed by atoms with Crippen molar-refractivity contribution in [2.45, 2.75) is 40.0 Å². The van der Waals surface area contributed by atoms with Crippen LogP contribution in [0.15, 0.2) is 12.1 Å². The number of rotatable bonds is 5. The van der Waals surface area contributed by atoms with Crippen LogP contribution in [-0.2, 0) is 20.5 Å². The molecule has 4 aromatic rings. The number of aromatic nitrogens is 8. The molecule has 0 saturated heterocycles. The van der Waals surface area contributed by atoms with E-state index >= 15 is 0 Å². The quantitative estimate of drug-likeness (QED) is 0.527. The second kappa shape index (κ2) is 6.56. The summed E-state index contributed by atoms with van der Waals surface area (Å²) >= 11 is 1.50. The fourth-order valence-electron chi connectivity index (χ4n) is 3.08. The first-order chi connectivity index (χ1) is 12.8. The Labute approximate surface area is 161 Å². The van der Waals surface area contributed by atoms with Crippen molar-refractivity contribution in [2.75, 3.05) is 0 Å². The summed E-state index contributed by atoms with van der Waals surface area (Å²) in [7, 11) is 3.91. The molecule has 4 rings (SSSR count). The van der Waals surface area contributed by atoms with E-state index in [1.807, 2.05) is 23.5 Å². The van der Waals surface area contributed by atoms with Crippen molar-refractivity contribution in [1.29, 1.82) is 0 Å². The number of fused-ring (bicyclic) bond motifs is 1. The lowest BCUT2D eigenvalue weighted by Crippen LogP contribution is -2.02. The molecule has 0 atom stereocenters. The van der Waals surface area contributed by atoms with Gasteiger partial charge in [-0.1, -0.05) is 39.0 Å². The normalized spacial score (nSPS) is 12.1. The summed E-state index contributed by atoms with van der Waals surface area (Å²) in [5, 5.41) is 23.4. The van der Waals surface area contributed by atoms with Gasteiger partial charge in [-0.15, -0.1) is 10.2 Å². The van der Waals surface area contributed by atoms with Crippen molar-refractivity contribution in [3.05, 3.63) is 23.5 Å². The van der Waals surface area contributed by atoms with E-state index in [-0.39, 0.29) is 0 Å². The van der Waals surface area contributed by atoms with Crippen LogP contribution in [0.5, 0.6) is 0 Å². The highest BCUT2D eigenvalue weighted by atomic mass is 32.1. The summed E-state index contributed by atoms with van der Waals surface area (Å²) in [6.45, 7) is 8.67. The Balaban J connectivity index is 1.75. The molecule has 0 fully saturated rings. The number of hydrogen-bond donors (Lipinski definition) is 0. The minimum absolute atomic E-state index is 0.354. The first kappa shape index (κ1) is 17.8. The van der Waals surface area contributed by atoms with Gasteiger partial charge in [0.1, 0.15) is 11.4 Å². The van der Waals surface area contributed by atoms with Gasteiger partial charge in [0, 0.05) is 19.8 Å². The molecule has 0 amide bonds. The molecule has 142 valence electrons. The van der Waals surface area contributed by atoms with Gasteiger partial charge in [0.25, 0.3) is 0 Å². The highest BCUT2D eigenvalue weighted by molar-refractivity contribution is 7.19. The van der Waals surface area contributed by atoms with Gasteiger partial charge in [0.05, 0.1) is 5.69 Å². The average Bonchev–Trinajstić information content (AvgIpc) is 3.31. The lowest BCUT2D eigenvalue weighted by molar-refractivity contribution is 0.596. The maximum atomic E-state index is 4.74. The molecule has 0 radical (unpaired) electrons. The maximum Gasteiger partial charge on any atom is 0.235 e. The summed E-state index contributed by atoms with van der Waals surface area (Å²) in [4.78, 5) is 0.753. The second-order valence-electron chi connectivity index (χ2n) is 7.60. The molecule has 0 spiro atoms. The van der Waals surface area contributed by atoms with Crippen LogP contribution in [0.4, 0.5) is 0 Å². The van der Waals surface area contributed by atoms with E-state index in [0.29, 0.717) is 17.7 Å². The first-order valence-corrected chi connectivity index (χ1v) is 9.95. The lowest BCUT2D eigenvalue weighted by atomic mass is 10.1. The fraction of sp³-hybridized carbons (Fsp3) is 0.500. The Morgan fingerprint density at radius 1 is 0.963 bits per heavy atom. The van der Waals surface area contributed by atoms with Crippen LogP contribution < -0.4 is 0 Å². The van der Waals surface area contributed by atoms with Gasteiger partial charge in [0.2, 0.25) is 10.8 Å². The zero-order valence-electron chi connectivity index (χ0n) is 16.5. The highest BCUT2D eigenvalue weighted by Gasteiger charge is 2.20. The van der Waals surface area contributed by atoms with E-state index in [1.165, 1.54) is 17.0 Å². The standard InChI is InChI=1S/C18H24N8S/c1-10(2)7-12-8-14(22-24(12)5)17-23-26-16(19-20-18(26)27-17)15-9-13(11(3)4)21-25(15)6/h8-11H,7H2,1-6H3. The minimum Gasteiger partial charge on any atom is -0.272 e. The Morgan fingerprint density at radius 3 is 2.41 bits per heavy atom. The fourth-order valence-corrected chi connectivity index (χ4v) is 3.88. The molecular weight excluding hydrogens is 360 g/mol. The Hall–Kier alpha value is -2.55. The van der Waals surface area contributed by atoms with Crippen LogP contribution in [0, 0.1) is 5.92 Å². The first-order valence-electron chi connectivity index (χ1n) is 9.13. The van der Waals surface area contributed by atoms with Gasteiger partial charge >= 0.3 is 0 Å². The smallest absolute Gasteiger partial charge is 0.235 e. The number of aryl methyl sites for hydroxylation is 2. The van der Waals surface area contributed by atoms with Gasteiger partial charge in [0.15, 0.2) is 5.01 Å². The summed E-state index contributed by atoms with van der Waals surface area (Å²) < 4.78 is 5.57. The van der Waals surface area contributed by atoms with Crippen LogP contribution in [0.3, 0.4) is 0 Å². The predicted octanol–water partition coefficient (Wildman–Crippen LogP) is 3.31. The van der Waals surface area contributed by atoms with Gasteiger partial charge in [-0.2, -0.15) is 19.8 Å². The van der Waals surface area contributed by atoms with Gasteiger partial charge in [-0.3, -0.25) is 9.36 Å². The molecule has 0 saturated carbocycles. The van der Waals surface area contributed by atoms with E-state index in [0.717, 1.165) is 33.5 Å². The largest absolute Gasteiger partial charge is 0.272 e. The number of hydrogen-bond acceptors (Lipinski definition) is 6. The third kappa shape index (κ3) is 3.16. The van der Waals surface area contributed by atoms with E-state index in [1.54, 1.807) is 4.52 Å². The van der Waals surface area contributed by atoms with Crippen LogP contribution in [0.2, 0.25) is 0 Å². The molecule has 27 heavy (non-hydrogen) atoms. The summed E-state index contributed by atoms with van der Waals surface area (Å²) in [6, 6.07) is 4.17.